The van der Waals surface area contributed by atoms with E-state index in [1.807, 2.05) is 4.90 Å². The first-order valence-corrected chi connectivity index (χ1v) is 9.17. The molecule has 0 aromatic heterocycles. The minimum atomic E-state index is -0.597. The highest BCUT2D eigenvalue weighted by Gasteiger charge is 2.27. The van der Waals surface area contributed by atoms with E-state index in [0.717, 1.165) is 25.9 Å². The second-order valence-corrected chi connectivity index (χ2v) is 7.01. The number of hydrogen-bond acceptors (Lipinski definition) is 3. The van der Waals surface area contributed by atoms with Crippen LogP contribution in [0.5, 0.6) is 0 Å². The molecule has 25 heavy (non-hydrogen) atoms. The van der Waals surface area contributed by atoms with Crippen molar-refractivity contribution in [2.24, 2.45) is 0 Å². The molecule has 136 valence electrons. The Labute approximate surface area is 152 Å². The average Bonchev–Trinajstić information content (AvgIpc) is 2.63. The lowest BCUT2D eigenvalue weighted by Gasteiger charge is -2.36. The van der Waals surface area contributed by atoms with Crippen LogP contribution in [0, 0.1) is 5.82 Å². The van der Waals surface area contributed by atoms with Crippen LogP contribution in [-0.2, 0) is 4.79 Å². The van der Waals surface area contributed by atoms with Crippen molar-refractivity contribution in [1.82, 2.24) is 14.7 Å². The van der Waals surface area contributed by atoms with Gasteiger partial charge in [0.2, 0.25) is 5.91 Å². The van der Waals surface area contributed by atoms with Crippen molar-refractivity contribution in [2.75, 3.05) is 45.8 Å². The summed E-state index contributed by atoms with van der Waals surface area (Å²) in [6, 6.07) is 4.25. The van der Waals surface area contributed by atoms with Gasteiger partial charge in [0.1, 0.15) is 5.82 Å². The van der Waals surface area contributed by atoms with Crippen molar-refractivity contribution < 1.29 is 14.0 Å². The van der Waals surface area contributed by atoms with Gasteiger partial charge in [0.05, 0.1) is 17.1 Å². The van der Waals surface area contributed by atoms with Crippen molar-refractivity contribution in [1.29, 1.82) is 0 Å². The van der Waals surface area contributed by atoms with E-state index in [9.17, 15) is 14.0 Å². The number of carbonyl (C=O) groups is 2. The number of piperazine rings is 1. The quantitative estimate of drug-likeness (QED) is 0.823. The highest BCUT2D eigenvalue weighted by atomic mass is 35.5. The predicted octanol–water partition coefficient (Wildman–Crippen LogP) is 2.25. The lowest BCUT2D eigenvalue weighted by molar-refractivity contribution is -0.133. The second-order valence-electron chi connectivity index (χ2n) is 6.61. The van der Waals surface area contributed by atoms with Gasteiger partial charge in [-0.25, -0.2) is 4.39 Å². The number of halogens is 2. The minimum Gasteiger partial charge on any atom is -0.342 e. The maximum Gasteiger partial charge on any atom is 0.258 e. The fourth-order valence-corrected chi connectivity index (χ4v) is 3.65. The number of hydrogen-bond donors (Lipinski definition) is 0. The number of piperidine rings is 1. The number of likely N-dealkylation sites (tertiary alicyclic amines) is 1. The van der Waals surface area contributed by atoms with Gasteiger partial charge in [-0.05, 0) is 31.4 Å². The third-order valence-electron chi connectivity index (χ3n) is 4.90. The van der Waals surface area contributed by atoms with Gasteiger partial charge in [-0.15, -0.1) is 0 Å². The van der Waals surface area contributed by atoms with E-state index in [0.29, 0.717) is 32.7 Å². The van der Waals surface area contributed by atoms with Crippen LogP contribution < -0.4 is 0 Å². The second kappa shape index (κ2) is 8.15. The van der Waals surface area contributed by atoms with Crippen molar-refractivity contribution >= 4 is 23.4 Å². The van der Waals surface area contributed by atoms with Gasteiger partial charge in [-0.3, -0.25) is 14.5 Å². The summed E-state index contributed by atoms with van der Waals surface area (Å²) in [7, 11) is 0. The van der Waals surface area contributed by atoms with E-state index in [1.54, 1.807) is 4.90 Å². The molecule has 0 radical (unpaired) electrons. The highest BCUT2D eigenvalue weighted by Crippen LogP contribution is 2.21. The number of rotatable bonds is 3. The summed E-state index contributed by atoms with van der Waals surface area (Å²) in [6.45, 7) is 4.25. The van der Waals surface area contributed by atoms with Crippen LogP contribution in [-0.4, -0.2) is 72.3 Å². The Kier molecular flexibility index (Phi) is 5.91. The molecule has 3 rings (SSSR count). The summed E-state index contributed by atoms with van der Waals surface area (Å²) in [5.74, 6) is -0.818. The van der Waals surface area contributed by atoms with Gasteiger partial charge < -0.3 is 9.80 Å². The van der Waals surface area contributed by atoms with Gasteiger partial charge >= 0.3 is 0 Å². The van der Waals surface area contributed by atoms with Gasteiger partial charge in [-0.1, -0.05) is 17.7 Å². The molecule has 7 heteroatoms. The topological polar surface area (TPSA) is 43.9 Å². The molecule has 5 nitrogen and oxygen atoms in total. The average molecular weight is 368 g/mol. The standard InChI is InChI=1S/C18H23ClFN3O2/c19-14-5-4-6-15(20)17(14)18(25)23-11-9-21(10-12-23)13-16(24)22-7-2-1-3-8-22/h4-6H,1-3,7-13H2. The van der Waals surface area contributed by atoms with E-state index in [1.165, 1.54) is 24.6 Å². The Morgan fingerprint density at radius 3 is 2.28 bits per heavy atom. The molecule has 0 atom stereocenters. The molecule has 2 aliphatic heterocycles. The Balaban J connectivity index is 1.53. The van der Waals surface area contributed by atoms with Crippen LogP contribution >= 0.6 is 11.6 Å². The summed E-state index contributed by atoms with van der Waals surface area (Å²) < 4.78 is 13.9. The molecule has 0 unspecified atom stereocenters. The van der Waals surface area contributed by atoms with Crippen LogP contribution in [0.3, 0.4) is 0 Å². The molecule has 0 saturated carbocycles. The lowest BCUT2D eigenvalue weighted by Crippen LogP contribution is -2.52. The van der Waals surface area contributed by atoms with E-state index in [-0.39, 0.29) is 22.4 Å². The minimum absolute atomic E-state index is 0.0676. The monoisotopic (exact) mass is 367 g/mol. The normalized spacial score (nSPS) is 19.1. The van der Waals surface area contributed by atoms with Crippen molar-refractivity contribution in [3.8, 4) is 0 Å². The molecule has 0 bridgehead atoms. The summed E-state index contributed by atoms with van der Waals surface area (Å²) in [6.07, 6.45) is 3.36. The van der Waals surface area contributed by atoms with Crippen LogP contribution in [0.2, 0.25) is 5.02 Å². The third kappa shape index (κ3) is 4.30. The Morgan fingerprint density at radius 2 is 1.64 bits per heavy atom. The zero-order valence-corrected chi connectivity index (χ0v) is 15.0. The van der Waals surface area contributed by atoms with Gasteiger partial charge in [0.15, 0.2) is 0 Å². The summed E-state index contributed by atoms with van der Waals surface area (Å²) in [5.41, 5.74) is -0.0676. The Morgan fingerprint density at radius 1 is 0.960 bits per heavy atom. The van der Waals surface area contributed by atoms with E-state index < -0.39 is 5.82 Å². The summed E-state index contributed by atoms with van der Waals surface area (Å²) in [5, 5.41) is 0.132. The van der Waals surface area contributed by atoms with Gasteiger partial charge in [-0.2, -0.15) is 0 Å². The molecule has 2 amide bonds. The number of benzene rings is 1. The van der Waals surface area contributed by atoms with E-state index in [2.05, 4.69) is 4.90 Å². The molecule has 2 fully saturated rings. The van der Waals surface area contributed by atoms with Gasteiger partial charge in [0.25, 0.3) is 5.91 Å². The first-order valence-electron chi connectivity index (χ1n) is 8.79. The molecule has 1 aromatic carbocycles. The van der Waals surface area contributed by atoms with E-state index in [4.69, 9.17) is 11.6 Å². The molecule has 0 spiro atoms. The zero-order valence-electron chi connectivity index (χ0n) is 14.2. The van der Waals surface area contributed by atoms with Crippen molar-refractivity contribution in [2.45, 2.75) is 19.3 Å². The number of amides is 2. The third-order valence-corrected chi connectivity index (χ3v) is 5.22. The van der Waals surface area contributed by atoms with Crippen LogP contribution in [0.1, 0.15) is 29.6 Å². The maximum absolute atomic E-state index is 13.9. The Bertz CT molecular complexity index is 621. The van der Waals surface area contributed by atoms with Gasteiger partial charge in [0, 0.05) is 39.3 Å². The van der Waals surface area contributed by atoms with E-state index >= 15 is 0 Å². The molecule has 2 heterocycles. The molecular weight excluding hydrogens is 345 g/mol. The van der Waals surface area contributed by atoms with Crippen molar-refractivity contribution in [3.05, 3.63) is 34.6 Å². The molecule has 0 aliphatic carbocycles. The maximum atomic E-state index is 13.9. The molecular formula is C18H23ClFN3O2. The highest BCUT2D eigenvalue weighted by molar-refractivity contribution is 6.33. The molecule has 2 saturated heterocycles. The first-order chi connectivity index (χ1) is 12.1. The molecule has 0 N–H and O–H groups in total. The fourth-order valence-electron chi connectivity index (χ4n) is 3.40. The first kappa shape index (κ1) is 18.1. The predicted molar refractivity (Wildman–Crippen MR) is 94.2 cm³/mol. The van der Waals surface area contributed by atoms with Crippen LogP contribution in [0.25, 0.3) is 0 Å². The number of nitrogens with zero attached hydrogens (tertiary/aromatic N) is 3. The fraction of sp³-hybridized carbons (Fsp3) is 0.556. The summed E-state index contributed by atoms with van der Waals surface area (Å²) >= 11 is 5.98. The largest absolute Gasteiger partial charge is 0.342 e. The van der Waals surface area contributed by atoms with Crippen LogP contribution in [0.15, 0.2) is 18.2 Å². The number of carbonyl (C=O) groups excluding carboxylic acids is 2. The SMILES string of the molecule is O=C(CN1CCN(C(=O)c2c(F)cccc2Cl)CC1)N1CCCCC1. The smallest absolute Gasteiger partial charge is 0.258 e. The van der Waals surface area contributed by atoms with Crippen molar-refractivity contribution in [3.63, 3.8) is 0 Å². The zero-order chi connectivity index (χ0) is 17.8. The summed E-state index contributed by atoms with van der Waals surface area (Å²) in [4.78, 5) is 30.4. The molecule has 2 aliphatic rings. The Hall–Kier alpha value is -1.66. The van der Waals surface area contributed by atoms with Crippen LogP contribution in [0.4, 0.5) is 4.39 Å². The molecule has 1 aromatic rings. The lowest BCUT2D eigenvalue weighted by atomic mass is 10.1.